The molecule has 26 heavy (non-hydrogen) atoms. The van der Waals surface area contributed by atoms with Crippen LogP contribution in [-0.4, -0.2) is 16.9 Å². The molecule has 1 unspecified atom stereocenters. The molecule has 0 aromatic heterocycles. The lowest BCUT2D eigenvalue weighted by Gasteiger charge is -2.15. The Hall–Kier alpha value is -2.42. The predicted molar refractivity (Wildman–Crippen MR) is 107 cm³/mol. The van der Waals surface area contributed by atoms with Crippen molar-refractivity contribution in [3.63, 3.8) is 0 Å². The van der Waals surface area contributed by atoms with Gasteiger partial charge in [0, 0.05) is 12.3 Å². The zero-order chi connectivity index (χ0) is 19.4. The summed E-state index contributed by atoms with van der Waals surface area (Å²) in [5.41, 5.74) is 2.48. The third kappa shape index (κ3) is 7.22. The fraction of sp³-hybridized carbons (Fsp3) is 0.391. The maximum absolute atomic E-state index is 12.3. The van der Waals surface area contributed by atoms with Gasteiger partial charge in [-0.15, -0.1) is 0 Å². The number of benzene rings is 2. The Bertz CT molecular complexity index is 677. The van der Waals surface area contributed by atoms with Crippen LogP contribution in [0.25, 0.3) is 0 Å². The number of hydrogen-bond acceptors (Lipinski definition) is 2. The summed E-state index contributed by atoms with van der Waals surface area (Å²) in [6, 6.07) is 17.2. The number of hydrogen-bond donors (Lipinski definition) is 1. The topological polar surface area (TPSA) is 54.4 Å². The third-order valence-corrected chi connectivity index (χ3v) is 4.32. The number of aromatic carboxylic acids is 1. The van der Waals surface area contributed by atoms with Crippen LogP contribution in [0.3, 0.4) is 0 Å². The number of carboxylic acid groups (broad SMARTS) is 1. The molecular weight excluding hydrogens is 324 g/mol. The molecular formula is C23H30O3. The summed E-state index contributed by atoms with van der Waals surface area (Å²) in [5.74, 6) is -0.717. The van der Waals surface area contributed by atoms with Gasteiger partial charge in [0.15, 0.2) is 0 Å². The lowest BCUT2D eigenvalue weighted by atomic mass is 9.88. The highest BCUT2D eigenvalue weighted by molar-refractivity contribution is 5.87. The van der Waals surface area contributed by atoms with Gasteiger partial charge in [0.2, 0.25) is 0 Å². The number of carbonyl (C=O) groups is 2. The maximum atomic E-state index is 12.3. The normalized spacial score (nSPS) is 11.2. The van der Waals surface area contributed by atoms with E-state index in [0.29, 0.717) is 12.8 Å². The van der Waals surface area contributed by atoms with Crippen LogP contribution in [0.1, 0.15) is 61.5 Å². The van der Waals surface area contributed by atoms with E-state index >= 15 is 0 Å². The fourth-order valence-electron chi connectivity index (χ4n) is 2.98. The Morgan fingerprint density at radius 2 is 1.62 bits per heavy atom. The van der Waals surface area contributed by atoms with Gasteiger partial charge < -0.3 is 5.11 Å². The van der Waals surface area contributed by atoms with Gasteiger partial charge in [0.25, 0.3) is 0 Å². The van der Waals surface area contributed by atoms with Crippen LogP contribution in [0.5, 0.6) is 0 Å². The number of ketones is 1. The van der Waals surface area contributed by atoms with Crippen molar-refractivity contribution in [2.75, 3.05) is 0 Å². The number of rotatable bonds is 9. The van der Waals surface area contributed by atoms with Gasteiger partial charge in [-0.1, -0.05) is 63.2 Å². The van der Waals surface area contributed by atoms with Crippen LogP contribution in [0.4, 0.5) is 0 Å². The van der Waals surface area contributed by atoms with E-state index in [1.165, 1.54) is 5.56 Å². The summed E-state index contributed by atoms with van der Waals surface area (Å²) in [6.07, 6.45) is 3.89. The zero-order valence-electron chi connectivity index (χ0n) is 16.1. The lowest BCUT2D eigenvalue weighted by Crippen LogP contribution is -2.17. The summed E-state index contributed by atoms with van der Waals surface area (Å²) < 4.78 is 0. The molecule has 0 bridgehead atoms. The summed E-state index contributed by atoms with van der Waals surface area (Å²) in [6.45, 7) is 5.89. The first-order chi connectivity index (χ1) is 12.6. The Labute approximate surface area is 157 Å². The molecule has 1 atom stereocenters. The Kier molecular flexibility index (Phi) is 9.99. The monoisotopic (exact) mass is 354 g/mol. The minimum atomic E-state index is -0.931. The Morgan fingerprint density at radius 3 is 2.23 bits per heavy atom. The Balaban J connectivity index is 0.00000163. The maximum Gasteiger partial charge on any atom is 0.335 e. The second-order valence-corrected chi connectivity index (χ2v) is 6.10. The average Bonchev–Trinajstić information content (AvgIpc) is 2.69. The van der Waals surface area contributed by atoms with Gasteiger partial charge in [-0.05, 0) is 48.9 Å². The van der Waals surface area contributed by atoms with E-state index in [2.05, 4.69) is 12.1 Å². The third-order valence-electron chi connectivity index (χ3n) is 4.32. The van der Waals surface area contributed by atoms with E-state index < -0.39 is 5.97 Å². The van der Waals surface area contributed by atoms with Gasteiger partial charge in [-0.3, -0.25) is 4.79 Å². The van der Waals surface area contributed by atoms with Gasteiger partial charge in [0.1, 0.15) is 5.78 Å². The molecule has 0 heterocycles. The molecule has 0 spiro atoms. The van der Waals surface area contributed by atoms with E-state index in [1.54, 1.807) is 18.2 Å². The fourth-order valence-corrected chi connectivity index (χ4v) is 2.98. The summed E-state index contributed by atoms with van der Waals surface area (Å²) in [4.78, 5) is 23.4. The summed E-state index contributed by atoms with van der Waals surface area (Å²) in [5, 5.41) is 9.10. The molecule has 0 fully saturated rings. The molecule has 0 saturated heterocycles. The minimum Gasteiger partial charge on any atom is -0.478 e. The highest BCUT2D eigenvalue weighted by atomic mass is 16.4. The van der Waals surface area contributed by atoms with Gasteiger partial charge in [0.05, 0.1) is 5.56 Å². The molecule has 1 N–H and O–H groups in total. The molecule has 2 aromatic carbocycles. The minimum absolute atomic E-state index is 0.0391. The predicted octanol–water partition coefficient (Wildman–Crippen LogP) is 5.57. The molecule has 3 nitrogen and oxygen atoms in total. The molecule has 0 amide bonds. The highest BCUT2D eigenvalue weighted by Gasteiger charge is 2.17. The van der Waals surface area contributed by atoms with Crippen molar-refractivity contribution in [2.45, 2.75) is 52.9 Å². The van der Waals surface area contributed by atoms with E-state index in [1.807, 2.05) is 45.0 Å². The molecule has 2 rings (SSSR count). The number of carbonyl (C=O) groups excluding carboxylic acids is 1. The number of Topliss-reactive ketones (excluding diaryl/α,β-unsaturated/α-hetero) is 1. The standard InChI is InChI=1S/C21H24O3.C2H6/c1-2-20(22)18(12-6-10-16-8-4-3-5-9-16)14-17-11-7-13-19(15-17)21(23)24;1-2/h3-5,7-9,11,13,15,18H,2,6,10,12,14H2,1H3,(H,23,24);1-2H3. The van der Waals surface area contributed by atoms with Crippen LogP contribution in [0.15, 0.2) is 54.6 Å². The van der Waals surface area contributed by atoms with Crippen LogP contribution in [0.2, 0.25) is 0 Å². The van der Waals surface area contributed by atoms with Crippen molar-refractivity contribution in [3.05, 3.63) is 71.3 Å². The van der Waals surface area contributed by atoms with E-state index in [9.17, 15) is 9.59 Å². The Morgan fingerprint density at radius 1 is 0.962 bits per heavy atom. The number of aryl methyl sites for hydroxylation is 1. The largest absolute Gasteiger partial charge is 0.478 e. The molecule has 0 saturated carbocycles. The van der Waals surface area contributed by atoms with Crippen molar-refractivity contribution in [1.29, 1.82) is 0 Å². The second-order valence-electron chi connectivity index (χ2n) is 6.10. The molecule has 0 aliphatic rings. The molecule has 140 valence electrons. The quantitative estimate of drug-likeness (QED) is 0.640. The molecule has 0 aliphatic heterocycles. The van der Waals surface area contributed by atoms with Crippen molar-refractivity contribution < 1.29 is 14.7 Å². The van der Waals surface area contributed by atoms with E-state index in [4.69, 9.17) is 5.11 Å². The van der Waals surface area contributed by atoms with Crippen molar-refractivity contribution in [2.24, 2.45) is 5.92 Å². The van der Waals surface area contributed by atoms with E-state index in [0.717, 1.165) is 24.8 Å². The zero-order valence-corrected chi connectivity index (χ0v) is 16.1. The first kappa shape index (κ1) is 21.6. The molecule has 0 aliphatic carbocycles. The van der Waals surface area contributed by atoms with Crippen LogP contribution in [0, 0.1) is 5.92 Å². The molecule has 0 radical (unpaired) electrons. The van der Waals surface area contributed by atoms with Gasteiger partial charge in [-0.25, -0.2) is 4.79 Å². The van der Waals surface area contributed by atoms with E-state index in [-0.39, 0.29) is 17.3 Å². The summed E-state index contributed by atoms with van der Waals surface area (Å²) in [7, 11) is 0. The summed E-state index contributed by atoms with van der Waals surface area (Å²) >= 11 is 0. The van der Waals surface area contributed by atoms with Crippen LogP contribution in [-0.2, 0) is 17.6 Å². The first-order valence-corrected chi connectivity index (χ1v) is 9.49. The van der Waals surface area contributed by atoms with Crippen molar-refractivity contribution in [3.8, 4) is 0 Å². The molecule has 2 aromatic rings. The van der Waals surface area contributed by atoms with Gasteiger partial charge in [-0.2, -0.15) is 0 Å². The average molecular weight is 354 g/mol. The van der Waals surface area contributed by atoms with Gasteiger partial charge >= 0.3 is 5.97 Å². The van der Waals surface area contributed by atoms with Crippen molar-refractivity contribution >= 4 is 11.8 Å². The first-order valence-electron chi connectivity index (χ1n) is 9.49. The SMILES string of the molecule is CC.CCC(=O)C(CCCc1ccccc1)Cc1cccc(C(=O)O)c1. The smallest absolute Gasteiger partial charge is 0.335 e. The van der Waals surface area contributed by atoms with Crippen molar-refractivity contribution in [1.82, 2.24) is 0 Å². The molecule has 3 heteroatoms. The lowest BCUT2D eigenvalue weighted by molar-refractivity contribution is -0.122. The number of carboxylic acids is 1. The highest BCUT2D eigenvalue weighted by Crippen LogP contribution is 2.19. The van der Waals surface area contributed by atoms with Crippen LogP contribution < -0.4 is 0 Å². The van der Waals surface area contributed by atoms with Crippen LogP contribution >= 0.6 is 0 Å². The second kappa shape index (κ2) is 12.0.